The molecule has 1 saturated heterocycles. The minimum Gasteiger partial charge on any atom is -0.315 e. The molecule has 1 aromatic carbocycles. The Morgan fingerprint density at radius 2 is 2.16 bits per heavy atom. The van der Waals surface area contributed by atoms with E-state index in [9.17, 15) is 0 Å². The lowest BCUT2D eigenvalue weighted by Crippen LogP contribution is -2.39. The van der Waals surface area contributed by atoms with E-state index in [0.717, 1.165) is 12.6 Å². The van der Waals surface area contributed by atoms with Crippen molar-refractivity contribution in [2.24, 2.45) is 0 Å². The summed E-state index contributed by atoms with van der Waals surface area (Å²) in [6.07, 6.45) is 3.97. The van der Waals surface area contributed by atoms with E-state index in [2.05, 4.69) is 47.5 Å². The first-order valence-electron chi connectivity index (χ1n) is 7.52. The van der Waals surface area contributed by atoms with Gasteiger partial charge in [-0.25, -0.2) is 0 Å². The molecule has 2 nitrogen and oxygen atoms in total. The number of benzene rings is 1. The third kappa shape index (κ3) is 5.17. The van der Waals surface area contributed by atoms with Crippen molar-refractivity contribution in [2.75, 3.05) is 31.9 Å². The second-order valence-electron chi connectivity index (χ2n) is 5.20. The van der Waals surface area contributed by atoms with Gasteiger partial charge >= 0.3 is 0 Å². The monoisotopic (exact) mass is 278 g/mol. The predicted molar refractivity (Wildman–Crippen MR) is 84.9 cm³/mol. The van der Waals surface area contributed by atoms with Crippen LogP contribution in [0.25, 0.3) is 0 Å². The second kappa shape index (κ2) is 8.62. The van der Waals surface area contributed by atoms with Crippen LogP contribution in [0.15, 0.2) is 35.2 Å². The molecule has 19 heavy (non-hydrogen) atoms. The van der Waals surface area contributed by atoms with Crippen LogP contribution in [0.3, 0.4) is 0 Å². The van der Waals surface area contributed by atoms with Crippen LogP contribution in [0.4, 0.5) is 0 Å². The Hall–Kier alpha value is -0.510. The van der Waals surface area contributed by atoms with Crippen molar-refractivity contribution in [3.05, 3.63) is 30.3 Å². The molecule has 0 radical (unpaired) electrons. The van der Waals surface area contributed by atoms with Crippen LogP contribution in [0, 0.1) is 0 Å². The van der Waals surface area contributed by atoms with Crippen molar-refractivity contribution >= 4 is 11.8 Å². The molecule has 1 atom stereocenters. The van der Waals surface area contributed by atoms with E-state index in [1.807, 2.05) is 11.8 Å². The van der Waals surface area contributed by atoms with Gasteiger partial charge in [-0.2, -0.15) is 0 Å². The Labute approximate surface area is 122 Å². The molecule has 3 heteroatoms. The van der Waals surface area contributed by atoms with Gasteiger partial charge in [0.25, 0.3) is 0 Å². The Morgan fingerprint density at radius 1 is 1.32 bits per heavy atom. The highest BCUT2D eigenvalue weighted by atomic mass is 32.2. The average Bonchev–Trinajstić information content (AvgIpc) is 2.88. The Balaban J connectivity index is 1.66. The summed E-state index contributed by atoms with van der Waals surface area (Å²) >= 11 is 1.98. The van der Waals surface area contributed by atoms with E-state index in [-0.39, 0.29) is 0 Å². The molecule has 2 rings (SSSR count). The van der Waals surface area contributed by atoms with Gasteiger partial charge in [0.15, 0.2) is 0 Å². The normalized spacial score (nSPS) is 19.9. The number of rotatable bonds is 8. The Kier molecular flexibility index (Phi) is 6.75. The molecule has 0 saturated carbocycles. The molecule has 1 unspecified atom stereocenters. The number of nitrogens with zero attached hydrogens (tertiary/aromatic N) is 1. The standard InChI is InChI=1S/C16H26N2S/c1-2-10-17-14-15-7-6-11-18(15)12-13-19-16-8-4-3-5-9-16/h3-5,8-9,15,17H,2,6-7,10-14H2,1H3. The van der Waals surface area contributed by atoms with Crippen molar-refractivity contribution in [3.8, 4) is 0 Å². The van der Waals surface area contributed by atoms with Gasteiger partial charge in [0.1, 0.15) is 0 Å². The number of likely N-dealkylation sites (tertiary alicyclic amines) is 1. The number of hydrogen-bond donors (Lipinski definition) is 1. The van der Waals surface area contributed by atoms with Gasteiger partial charge in [-0.3, -0.25) is 4.90 Å². The smallest absolute Gasteiger partial charge is 0.0221 e. The van der Waals surface area contributed by atoms with Crippen LogP contribution < -0.4 is 5.32 Å². The summed E-state index contributed by atoms with van der Waals surface area (Å²) in [7, 11) is 0. The molecule has 1 fully saturated rings. The maximum Gasteiger partial charge on any atom is 0.0221 e. The zero-order valence-electron chi connectivity index (χ0n) is 12.0. The van der Waals surface area contributed by atoms with Crippen molar-refractivity contribution in [2.45, 2.75) is 37.1 Å². The van der Waals surface area contributed by atoms with Crippen molar-refractivity contribution < 1.29 is 0 Å². The van der Waals surface area contributed by atoms with Crippen LogP contribution in [0.5, 0.6) is 0 Å². The maximum atomic E-state index is 3.57. The highest BCUT2D eigenvalue weighted by Crippen LogP contribution is 2.20. The molecule has 106 valence electrons. The van der Waals surface area contributed by atoms with Crippen molar-refractivity contribution in [1.29, 1.82) is 0 Å². The van der Waals surface area contributed by atoms with Crippen molar-refractivity contribution in [1.82, 2.24) is 10.2 Å². The fraction of sp³-hybridized carbons (Fsp3) is 0.625. The van der Waals surface area contributed by atoms with E-state index in [0.29, 0.717) is 0 Å². The zero-order chi connectivity index (χ0) is 13.3. The first kappa shape index (κ1) is 14.9. The number of nitrogens with one attached hydrogen (secondary N) is 1. The molecule has 0 spiro atoms. The molecule has 1 heterocycles. The quantitative estimate of drug-likeness (QED) is 0.580. The highest BCUT2D eigenvalue weighted by molar-refractivity contribution is 7.99. The summed E-state index contributed by atoms with van der Waals surface area (Å²) in [6.45, 7) is 7.06. The second-order valence-corrected chi connectivity index (χ2v) is 6.37. The van der Waals surface area contributed by atoms with Crippen LogP contribution in [-0.2, 0) is 0 Å². The third-order valence-electron chi connectivity index (χ3n) is 3.70. The number of hydrogen-bond acceptors (Lipinski definition) is 3. The van der Waals surface area contributed by atoms with Crippen LogP contribution in [-0.4, -0.2) is 42.9 Å². The SMILES string of the molecule is CCCNCC1CCCN1CCSc1ccccc1. The third-order valence-corrected chi connectivity index (χ3v) is 4.69. The Bertz CT molecular complexity index is 342. The van der Waals surface area contributed by atoms with E-state index < -0.39 is 0 Å². The van der Waals surface area contributed by atoms with Crippen molar-refractivity contribution in [3.63, 3.8) is 0 Å². The molecule has 1 aliphatic rings. The Morgan fingerprint density at radius 3 is 2.95 bits per heavy atom. The molecule has 1 N–H and O–H groups in total. The molecule has 0 aliphatic carbocycles. The van der Waals surface area contributed by atoms with Gasteiger partial charge in [0.05, 0.1) is 0 Å². The first-order chi connectivity index (χ1) is 9.40. The molecule has 0 aromatic heterocycles. The van der Waals surface area contributed by atoms with Gasteiger partial charge in [0, 0.05) is 29.8 Å². The zero-order valence-corrected chi connectivity index (χ0v) is 12.8. The minimum atomic E-state index is 0.767. The fourth-order valence-electron chi connectivity index (χ4n) is 2.66. The molecular formula is C16H26N2S. The van der Waals surface area contributed by atoms with E-state index in [1.54, 1.807) is 0 Å². The van der Waals surface area contributed by atoms with Gasteiger partial charge in [-0.05, 0) is 44.5 Å². The lowest BCUT2D eigenvalue weighted by atomic mass is 10.2. The van der Waals surface area contributed by atoms with Crippen LogP contribution in [0.1, 0.15) is 26.2 Å². The summed E-state index contributed by atoms with van der Waals surface area (Å²) in [6, 6.07) is 11.5. The lowest BCUT2D eigenvalue weighted by molar-refractivity contribution is 0.262. The van der Waals surface area contributed by atoms with Crippen LogP contribution >= 0.6 is 11.8 Å². The van der Waals surface area contributed by atoms with Gasteiger partial charge < -0.3 is 5.32 Å². The van der Waals surface area contributed by atoms with Crippen LogP contribution in [0.2, 0.25) is 0 Å². The summed E-state index contributed by atoms with van der Waals surface area (Å²) in [5.41, 5.74) is 0. The fourth-order valence-corrected chi connectivity index (χ4v) is 3.57. The van der Waals surface area contributed by atoms with E-state index >= 15 is 0 Å². The molecule has 0 amide bonds. The number of thioether (sulfide) groups is 1. The average molecular weight is 278 g/mol. The predicted octanol–water partition coefficient (Wildman–Crippen LogP) is 3.24. The lowest BCUT2D eigenvalue weighted by Gasteiger charge is -2.24. The molecule has 1 aromatic rings. The molecular weight excluding hydrogens is 252 g/mol. The topological polar surface area (TPSA) is 15.3 Å². The summed E-state index contributed by atoms with van der Waals surface area (Å²) in [5.74, 6) is 1.20. The largest absolute Gasteiger partial charge is 0.315 e. The van der Waals surface area contributed by atoms with Gasteiger partial charge in [-0.15, -0.1) is 11.8 Å². The molecule has 0 bridgehead atoms. The van der Waals surface area contributed by atoms with Gasteiger partial charge in [0.2, 0.25) is 0 Å². The maximum absolute atomic E-state index is 3.57. The minimum absolute atomic E-state index is 0.767. The summed E-state index contributed by atoms with van der Waals surface area (Å²) in [5, 5.41) is 3.57. The summed E-state index contributed by atoms with van der Waals surface area (Å²) < 4.78 is 0. The van der Waals surface area contributed by atoms with Gasteiger partial charge in [-0.1, -0.05) is 25.1 Å². The highest BCUT2D eigenvalue weighted by Gasteiger charge is 2.23. The first-order valence-corrected chi connectivity index (χ1v) is 8.51. The van der Waals surface area contributed by atoms with E-state index in [1.165, 1.54) is 49.5 Å². The summed E-state index contributed by atoms with van der Waals surface area (Å²) in [4.78, 5) is 4.06. The van der Waals surface area contributed by atoms with E-state index in [4.69, 9.17) is 0 Å². The molecule has 1 aliphatic heterocycles.